The van der Waals surface area contributed by atoms with Crippen LogP contribution in [0.2, 0.25) is 0 Å². The zero-order valence-electron chi connectivity index (χ0n) is 10.2. The van der Waals surface area contributed by atoms with Gasteiger partial charge in [0.1, 0.15) is 0 Å². The van der Waals surface area contributed by atoms with Crippen molar-refractivity contribution in [3.05, 3.63) is 18.5 Å². The van der Waals surface area contributed by atoms with E-state index >= 15 is 0 Å². The van der Waals surface area contributed by atoms with Crippen molar-refractivity contribution in [3.63, 3.8) is 0 Å². The fourth-order valence-corrected chi connectivity index (χ4v) is 3.15. The summed E-state index contributed by atoms with van der Waals surface area (Å²) in [6.45, 7) is 0. The summed E-state index contributed by atoms with van der Waals surface area (Å²) in [5.41, 5.74) is 2.50. The van der Waals surface area contributed by atoms with Gasteiger partial charge in [0.2, 0.25) is 16.0 Å². The maximum Gasteiger partial charge on any atom is 0.238 e. The van der Waals surface area contributed by atoms with Gasteiger partial charge in [-0.05, 0) is 18.4 Å². The van der Waals surface area contributed by atoms with Gasteiger partial charge in [-0.25, -0.2) is 18.4 Å². The molecule has 1 heterocycles. The zero-order valence-corrected chi connectivity index (χ0v) is 11.0. The van der Waals surface area contributed by atoms with Gasteiger partial charge in [-0.3, -0.25) is 5.43 Å². The lowest BCUT2D eigenvalue weighted by Crippen LogP contribution is -2.32. The number of sulfonamides is 1. The van der Waals surface area contributed by atoms with Crippen molar-refractivity contribution in [1.82, 2.24) is 14.8 Å². The van der Waals surface area contributed by atoms with E-state index in [9.17, 15) is 8.42 Å². The second-order valence-corrected chi connectivity index (χ2v) is 6.40. The minimum absolute atomic E-state index is 0.150. The molecule has 0 aliphatic heterocycles. The number of aromatic nitrogens is 2. The van der Waals surface area contributed by atoms with Crippen LogP contribution in [0.1, 0.15) is 32.1 Å². The third-order valence-electron chi connectivity index (χ3n) is 3.15. The number of anilines is 1. The molecule has 0 amide bonds. The van der Waals surface area contributed by atoms with Gasteiger partial charge in [-0.1, -0.05) is 25.7 Å². The summed E-state index contributed by atoms with van der Waals surface area (Å²) in [6.07, 6.45) is 8.59. The van der Waals surface area contributed by atoms with E-state index < -0.39 is 10.0 Å². The van der Waals surface area contributed by atoms with Crippen molar-refractivity contribution in [2.45, 2.75) is 32.1 Å². The first-order valence-electron chi connectivity index (χ1n) is 6.18. The Morgan fingerprint density at radius 1 is 1.22 bits per heavy atom. The summed E-state index contributed by atoms with van der Waals surface area (Å²) in [4.78, 5) is 10.0. The van der Waals surface area contributed by atoms with Gasteiger partial charge in [0, 0.05) is 12.4 Å². The average Bonchev–Trinajstić information content (AvgIpc) is 2.89. The molecule has 0 bridgehead atoms. The fourth-order valence-electron chi connectivity index (χ4n) is 2.16. The van der Waals surface area contributed by atoms with Gasteiger partial charge < -0.3 is 0 Å². The Labute approximate surface area is 107 Å². The molecular weight excluding hydrogens is 252 g/mol. The number of hydrazine groups is 1. The topological polar surface area (TPSA) is 84.0 Å². The van der Waals surface area contributed by atoms with Gasteiger partial charge in [0.05, 0.1) is 5.75 Å². The van der Waals surface area contributed by atoms with Crippen molar-refractivity contribution in [3.8, 4) is 0 Å². The van der Waals surface area contributed by atoms with Crippen LogP contribution in [0.4, 0.5) is 5.95 Å². The highest BCUT2D eigenvalue weighted by molar-refractivity contribution is 7.89. The van der Waals surface area contributed by atoms with E-state index in [2.05, 4.69) is 20.2 Å². The van der Waals surface area contributed by atoms with Crippen LogP contribution in [0.3, 0.4) is 0 Å². The molecule has 7 heteroatoms. The molecule has 18 heavy (non-hydrogen) atoms. The molecule has 1 saturated carbocycles. The van der Waals surface area contributed by atoms with Crippen LogP contribution in [-0.4, -0.2) is 24.1 Å². The first kappa shape index (κ1) is 13.2. The van der Waals surface area contributed by atoms with Crippen molar-refractivity contribution >= 4 is 16.0 Å². The van der Waals surface area contributed by atoms with Crippen LogP contribution < -0.4 is 10.3 Å². The number of nitrogens with zero attached hydrogens (tertiary/aromatic N) is 2. The fraction of sp³-hybridized carbons (Fsp3) is 0.636. The minimum Gasteiger partial charge on any atom is -0.276 e. The number of hydrogen-bond acceptors (Lipinski definition) is 5. The maximum absolute atomic E-state index is 11.7. The molecule has 6 nitrogen and oxygen atoms in total. The SMILES string of the molecule is O=S(=O)(CCC1CCCC1)NNc1ncccn1. The number of hydrogen-bond donors (Lipinski definition) is 2. The number of nitrogens with one attached hydrogen (secondary N) is 2. The molecule has 0 unspecified atom stereocenters. The second kappa shape index (κ2) is 6.10. The smallest absolute Gasteiger partial charge is 0.238 e. The van der Waals surface area contributed by atoms with Gasteiger partial charge in [-0.15, -0.1) is 4.83 Å². The number of rotatable bonds is 6. The Hall–Kier alpha value is -1.21. The lowest BCUT2D eigenvalue weighted by atomic mass is 10.1. The molecule has 0 atom stereocenters. The Kier molecular flexibility index (Phi) is 4.48. The van der Waals surface area contributed by atoms with Gasteiger partial charge in [0.25, 0.3) is 0 Å². The highest BCUT2D eigenvalue weighted by atomic mass is 32.2. The minimum atomic E-state index is -3.31. The lowest BCUT2D eigenvalue weighted by Gasteiger charge is -2.10. The Morgan fingerprint density at radius 2 is 1.89 bits per heavy atom. The van der Waals surface area contributed by atoms with E-state index in [4.69, 9.17) is 0 Å². The lowest BCUT2D eigenvalue weighted by molar-refractivity contribution is 0.518. The van der Waals surface area contributed by atoms with Crippen LogP contribution in [0.25, 0.3) is 0 Å². The Bertz CT molecular complexity index is 457. The molecule has 1 aromatic rings. The highest BCUT2D eigenvalue weighted by Gasteiger charge is 2.18. The molecule has 1 aliphatic rings. The molecule has 0 saturated heterocycles. The molecule has 1 aliphatic carbocycles. The average molecular weight is 270 g/mol. The summed E-state index contributed by atoms with van der Waals surface area (Å²) < 4.78 is 23.5. The van der Waals surface area contributed by atoms with Gasteiger partial charge >= 0.3 is 0 Å². The normalized spacial score (nSPS) is 16.9. The first-order valence-corrected chi connectivity index (χ1v) is 7.83. The van der Waals surface area contributed by atoms with Crippen molar-refractivity contribution < 1.29 is 8.42 Å². The van der Waals surface area contributed by atoms with Crippen LogP contribution in [0, 0.1) is 5.92 Å². The Balaban J connectivity index is 1.76. The molecule has 1 fully saturated rings. The quantitative estimate of drug-likeness (QED) is 0.761. The predicted molar refractivity (Wildman–Crippen MR) is 69.2 cm³/mol. The molecule has 0 spiro atoms. The van der Waals surface area contributed by atoms with Crippen LogP contribution in [-0.2, 0) is 10.0 Å². The molecule has 100 valence electrons. The third kappa shape index (κ3) is 4.23. The molecule has 0 radical (unpaired) electrons. The van der Waals surface area contributed by atoms with Gasteiger partial charge in [-0.2, -0.15) is 0 Å². The highest BCUT2D eigenvalue weighted by Crippen LogP contribution is 2.27. The van der Waals surface area contributed by atoms with Crippen LogP contribution >= 0.6 is 0 Å². The monoisotopic (exact) mass is 270 g/mol. The summed E-state index contributed by atoms with van der Waals surface area (Å²) in [7, 11) is -3.31. The molecular formula is C11H18N4O2S. The van der Waals surface area contributed by atoms with Crippen molar-refractivity contribution in [2.24, 2.45) is 5.92 Å². The van der Waals surface area contributed by atoms with E-state index in [0.717, 1.165) is 19.3 Å². The van der Waals surface area contributed by atoms with E-state index in [1.54, 1.807) is 18.5 Å². The van der Waals surface area contributed by atoms with Crippen molar-refractivity contribution in [1.29, 1.82) is 0 Å². The largest absolute Gasteiger partial charge is 0.276 e. The third-order valence-corrected chi connectivity index (χ3v) is 4.34. The first-order chi connectivity index (χ1) is 8.66. The standard InChI is InChI=1S/C11H18N4O2S/c16-18(17,9-6-10-4-1-2-5-10)15-14-11-12-7-3-8-13-11/h3,7-8,10,15H,1-2,4-6,9H2,(H,12,13,14). The van der Waals surface area contributed by atoms with E-state index in [1.807, 2.05) is 0 Å². The predicted octanol–water partition coefficient (Wildman–Crippen LogP) is 1.30. The summed E-state index contributed by atoms with van der Waals surface area (Å²) >= 11 is 0. The second-order valence-electron chi connectivity index (χ2n) is 4.56. The molecule has 2 N–H and O–H groups in total. The summed E-state index contributed by atoms with van der Waals surface area (Å²) in [6, 6.07) is 1.67. The molecule has 0 aromatic carbocycles. The van der Waals surface area contributed by atoms with Crippen molar-refractivity contribution in [2.75, 3.05) is 11.2 Å². The van der Waals surface area contributed by atoms with Crippen LogP contribution in [0.15, 0.2) is 18.5 Å². The van der Waals surface area contributed by atoms with E-state index in [0.29, 0.717) is 5.92 Å². The maximum atomic E-state index is 11.7. The van der Waals surface area contributed by atoms with Crippen LogP contribution in [0.5, 0.6) is 0 Å². The molecule has 1 aromatic heterocycles. The molecule has 2 rings (SSSR count). The summed E-state index contributed by atoms with van der Waals surface area (Å²) in [5.74, 6) is 0.966. The van der Waals surface area contributed by atoms with Gasteiger partial charge in [0.15, 0.2) is 0 Å². The Morgan fingerprint density at radius 3 is 2.56 bits per heavy atom. The van der Waals surface area contributed by atoms with E-state index in [-0.39, 0.29) is 11.7 Å². The zero-order chi connectivity index (χ0) is 12.8. The summed E-state index contributed by atoms with van der Waals surface area (Å²) in [5, 5.41) is 0. The van der Waals surface area contributed by atoms with E-state index in [1.165, 1.54) is 12.8 Å².